The SMILES string of the molecule is CCCCCC(CC)NCc1ccc(C(F)(F)F)cc1. The standard InChI is InChI=1S/C16H24F3N/c1-3-5-6-7-15(4-2)20-12-13-8-10-14(11-9-13)16(17,18)19/h8-11,15,20H,3-7,12H2,1-2H3. The lowest BCUT2D eigenvalue weighted by atomic mass is 10.1. The third-order valence-electron chi connectivity index (χ3n) is 3.53. The quantitative estimate of drug-likeness (QED) is 0.652. The lowest BCUT2D eigenvalue weighted by molar-refractivity contribution is -0.137. The minimum Gasteiger partial charge on any atom is -0.310 e. The maximum absolute atomic E-state index is 12.4. The van der Waals surface area contributed by atoms with Crippen LogP contribution in [0, 0.1) is 0 Å². The number of nitrogens with one attached hydrogen (secondary N) is 1. The Morgan fingerprint density at radius 2 is 1.70 bits per heavy atom. The summed E-state index contributed by atoms with van der Waals surface area (Å²) >= 11 is 0. The highest BCUT2D eigenvalue weighted by atomic mass is 19.4. The van der Waals surface area contributed by atoms with Crippen LogP contribution in [0.2, 0.25) is 0 Å². The molecule has 0 fully saturated rings. The molecule has 0 saturated heterocycles. The number of benzene rings is 1. The molecule has 0 aromatic heterocycles. The number of unbranched alkanes of at least 4 members (excludes halogenated alkanes) is 2. The van der Waals surface area contributed by atoms with Gasteiger partial charge < -0.3 is 5.32 Å². The third kappa shape index (κ3) is 5.95. The zero-order valence-corrected chi connectivity index (χ0v) is 12.3. The van der Waals surface area contributed by atoms with E-state index in [2.05, 4.69) is 19.2 Å². The first-order valence-corrected chi connectivity index (χ1v) is 7.36. The highest BCUT2D eigenvalue weighted by molar-refractivity contribution is 5.24. The molecule has 0 spiro atoms. The first-order valence-electron chi connectivity index (χ1n) is 7.36. The zero-order chi connectivity index (χ0) is 15.0. The van der Waals surface area contributed by atoms with Crippen LogP contribution in [0.4, 0.5) is 13.2 Å². The van der Waals surface area contributed by atoms with E-state index in [0.29, 0.717) is 12.6 Å². The molecule has 1 atom stereocenters. The van der Waals surface area contributed by atoms with Gasteiger partial charge in [-0.15, -0.1) is 0 Å². The fourth-order valence-corrected chi connectivity index (χ4v) is 2.17. The molecule has 0 heterocycles. The van der Waals surface area contributed by atoms with Gasteiger partial charge in [-0.2, -0.15) is 13.2 Å². The summed E-state index contributed by atoms with van der Waals surface area (Å²) in [5.41, 5.74) is 0.308. The molecule has 0 aliphatic heterocycles. The van der Waals surface area contributed by atoms with Crippen LogP contribution in [0.1, 0.15) is 57.1 Å². The van der Waals surface area contributed by atoms with Crippen molar-refractivity contribution in [1.82, 2.24) is 5.32 Å². The highest BCUT2D eigenvalue weighted by Crippen LogP contribution is 2.29. The van der Waals surface area contributed by atoms with Crippen molar-refractivity contribution in [1.29, 1.82) is 0 Å². The van der Waals surface area contributed by atoms with Gasteiger partial charge in [-0.05, 0) is 30.5 Å². The van der Waals surface area contributed by atoms with Gasteiger partial charge in [0.15, 0.2) is 0 Å². The van der Waals surface area contributed by atoms with Crippen molar-refractivity contribution >= 4 is 0 Å². The van der Waals surface area contributed by atoms with E-state index < -0.39 is 11.7 Å². The molecule has 0 saturated carbocycles. The predicted octanol–water partition coefficient (Wildman–Crippen LogP) is 5.15. The van der Waals surface area contributed by atoms with Gasteiger partial charge in [-0.25, -0.2) is 0 Å². The van der Waals surface area contributed by atoms with Gasteiger partial charge in [0, 0.05) is 12.6 Å². The Bertz CT molecular complexity index is 370. The van der Waals surface area contributed by atoms with Crippen molar-refractivity contribution in [2.45, 2.75) is 64.7 Å². The molecule has 0 aliphatic carbocycles. The summed E-state index contributed by atoms with van der Waals surface area (Å²) in [6.07, 6.45) is 1.57. The Morgan fingerprint density at radius 3 is 2.20 bits per heavy atom. The van der Waals surface area contributed by atoms with Gasteiger partial charge in [0.1, 0.15) is 0 Å². The Balaban J connectivity index is 2.44. The van der Waals surface area contributed by atoms with Gasteiger partial charge >= 0.3 is 6.18 Å². The highest BCUT2D eigenvalue weighted by Gasteiger charge is 2.29. The van der Waals surface area contributed by atoms with E-state index in [1.165, 1.54) is 19.3 Å². The number of alkyl halides is 3. The van der Waals surface area contributed by atoms with Gasteiger partial charge in [0.2, 0.25) is 0 Å². The molecule has 1 unspecified atom stereocenters. The lowest BCUT2D eigenvalue weighted by Gasteiger charge is -2.17. The molecule has 1 rings (SSSR count). The maximum atomic E-state index is 12.4. The summed E-state index contributed by atoms with van der Waals surface area (Å²) < 4.78 is 37.3. The largest absolute Gasteiger partial charge is 0.416 e. The second-order valence-corrected chi connectivity index (χ2v) is 5.18. The second-order valence-electron chi connectivity index (χ2n) is 5.18. The van der Waals surface area contributed by atoms with E-state index in [9.17, 15) is 13.2 Å². The summed E-state index contributed by atoms with van der Waals surface area (Å²) in [5.74, 6) is 0. The monoisotopic (exact) mass is 287 g/mol. The molecule has 0 amide bonds. The minimum atomic E-state index is -4.25. The molecule has 4 heteroatoms. The zero-order valence-electron chi connectivity index (χ0n) is 12.3. The summed E-state index contributed by atoms with van der Waals surface area (Å²) in [5, 5.41) is 3.42. The molecule has 0 aliphatic rings. The molecule has 1 nitrogen and oxygen atoms in total. The second kappa shape index (κ2) is 8.30. The number of hydrogen-bond donors (Lipinski definition) is 1. The molecule has 20 heavy (non-hydrogen) atoms. The van der Waals surface area contributed by atoms with Crippen molar-refractivity contribution < 1.29 is 13.2 Å². The van der Waals surface area contributed by atoms with Crippen LogP contribution in [0.5, 0.6) is 0 Å². The number of rotatable bonds is 8. The molecule has 114 valence electrons. The van der Waals surface area contributed by atoms with E-state index in [1.807, 2.05) is 0 Å². The summed E-state index contributed by atoms with van der Waals surface area (Å²) in [6, 6.07) is 5.84. The average Bonchev–Trinajstić information content (AvgIpc) is 2.42. The summed E-state index contributed by atoms with van der Waals surface area (Å²) in [4.78, 5) is 0. The normalized spacial score (nSPS) is 13.4. The van der Waals surface area contributed by atoms with Crippen LogP contribution >= 0.6 is 0 Å². The van der Waals surface area contributed by atoms with Crippen LogP contribution in [-0.4, -0.2) is 6.04 Å². The number of halogens is 3. The van der Waals surface area contributed by atoms with Gasteiger partial charge in [-0.3, -0.25) is 0 Å². The predicted molar refractivity (Wildman–Crippen MR) is 76.5 cm³/mol. The molecule has 1 N–H and O–H groups in total. The minimum absolute atomic E-state index is 0.448. The van der Waals surface area contributed by atoms with E-state index >= 15 is 0 Å². The summed E-state index contributed by atoms with van der Waals surface area (Å²) in [7, 11) is 0. The van der Waals surface area contributed by atoms with Crippen LogP contribution in [0.25, 0.3) is 0 Å². The molecule has 1 aromatic carbocycles. The van der Waals surface area contributed by atoms with Gasteiger partial charge in [0.25, 0.3) is 0 Å². The van der Waals surface area contributed by atoms with E-state index in [0.717, 1.165) is 30.5 Å². The fraction of sp³-hybridized carbons (Fsp3) is 0.625. The Labute approximate surface area is 119 Å². The van der Waals surface area contributed by atoms with Crippen LogP contribution in [0.15, 0.2) is 24.3 Å². The molecule has 0 radical (unpaired) electrons. The van der Waals surface area contributed by atoms with Crippen LogP contribution < -0.4 is 5.32 Å². The lowest BCUT2D eigenvalue weighted by Crippen LogP contribution is -2.27. The van der Waals surface area contributed by atoms with Crippen LogP contribution in [-0.2, 0) is 12.7 Å². The van der Waals surface area contributed by atoms with Crippen molar-refractivity contribution in [3.05, 3.63) is 35.4 Å². The Hall–Kier alpha value is -1.03. The first kappa shape index (κ1) is 17.0. The van der Waals surface area contributed by atoms with E-state index in [-0.39, 0.29) is 0 Å². The Kier molecular flexibility index (Phi) is 7.06. The van der Waals surface area contributed by atoms with E-state index in [1.54, 1.807) is 12.1 Å². The molecular formula is C16H24F3N. The summed E-state index contributed by atoms with van der Waals surface area (Å²) in [6.45, 7) is 4.94. The van der Waals surface area contributed by atoms with Crippen molar-refractivity contribution in [2.24, 2.45) is 0 Å². The maximum Gasteiger partial charge on any atom is 0.416 e. The van der Waals surface area contributed by atoms with Gasteiger partial charge in [-0.1, -0.05) is 45.2 Å². The topological polar surface area (TPSA) is 12.0 Å². The van der Waals surface area contributed by atoms with Crippen molar-refractivity contribution in [2.75, 3.05) is 0 Å². The van der Waals surface area contributed by atoms with Gasteiger partial charge in [0.05, 0.1) is 5.56 Å². The Morgan fingerprint density at radius 1 is 1.05 bits per heavy atom. The van der Waals surface area contributed by atoms with Crippen molar-refractivity contribution in [3.8, 4) is 0 Å². The fourth-order valence-electron chi connectivity index (χ4n) is 2.17. The molecular weight excluding hydrogens is 263 g/mol. The smallest absolute Gasteiger partial charge is 0.310 e. The molecule has 1 aromatic rings. The van der Waals surface area contributed by atoms with E-state index in [4.69, 9.17) is 0 Å². The number of hydrogen-bond acceptors (Lipinski definition) is 1. The van der Waals surface area contributed by atoms with Crippen molar-refractivity contribution in [3.63, 3.8) is 0 Å². The molecule has 0 bridgehead atoms. The van der Waals surface area contributed by atoms with Crippen LogP contribution in [0.3, 0.4) is 0 Å². The average molecular weight is 287 g/mol. The first-order chi connectivity index (χ1) is 9.47. The third-order valence-corrected chi connectivity index (χ3v) is 3.53.